The molecule has 1 aromatic rings. The standard InChI is InChI=1S/C33H45FO4/c1-20(22(3)35)27-12-13-28-26-11-8-24-18-33(17-16-31(24,4)29(26)14-15-32(27,28)5)36-19-30(37-38-33)21(2)23-6-9-25(34)10-7-23/h6-7,9-10,20,24,26-30H,2,8,11-19H2,1,3-5H3/t20?,24-,26?,27?,28?,29?,30?,31+,32-,33?/m1/s1. The molecule has 4 saturated carbocycles. The second-order valence-electron chi connectivity index (χ2n) is 13.9. The van der Waals surface area contributed by atoms with Gasteiger partial charge >= 0.3 is 0 Å². The van der Waals surface area contributed by atoms with E-state index < -0.39 is 5.79 Å². The van der Waals surface area contributed by atoms with Gasteiger partial charge in [-0.25, -0.2) is 14.2 Å². The summed E-state index contributed by atoms with van der Waals surface area (Å²) in [6, 6.07) is 6.32. The van der Waals surface area contributed by atoms with Crippen molar-refractivity contribution in [3.8, 4) is 0 Å². The minimum Gasteiger partial charge on any atom is -0.344 e. The number of benzene rings is 1. The average molecular weight is 525 g/mol. The number of rotatable bonds is 4. The highest BCUT2D eigenvalue weighted by Gasteiger charge is 2.63. The minimum atomic E-state index is -0.671. The third kappa shape index (κ3) is 4.14. The maximum atomic E-state index is 13.3. The van der Waals surface area contributed by atoms with Crippen molar-refractivity contribution >= 4 is 11.4 Å². The van der Waals surface area contributed by atoms with Crippen molar-refractivity contribution in [1.82, 2.24) is 0 Å². The molecule has 38 heavy (non-hydrogen) atoms. The number of hydrogen-bond acceptors (Lipinski definition) is 4. The second-order valence-corrected chi connectivity index (χ2v) is 13.9. The van der Waals surface area contributed by atoms with Gasteiger partial charge in [0.25, 0.3) is 0 Å². The lowest BCUT2D eigenvalue weighted by Crippen LogP contribution is -2.58. The zero-order chi connectivity index (χ0) is 26.9. The van der Waals surface area contributed by atoms with Gasteiger partial charge in [0.05, 0.1) is 6.61 Å². The Labute approximate surface area is 227 Å². The van der Waals surface area contributed by atoms with Crippen LogP contribution in [-0.2, 0) is 19.3 Å². The maximum absolute atomic E-state index is 13.3. The quantitative estimate of drug-likeness (QED) is 0.378. The van der Waals surface area contributed by atoms with Gasteiger partial charge in [0.2, 0.25) is 5.79 Å². The van der Waals surface area contributed by atoms with Crippen LogP contribution in [0.15, 0.2) is 30.8 Å². The summed E-state index contributed by atoms with van der Waals surface area (Å²) in [4.78, 5) is 24.3. The van der Waals surface area contributed by atoms with E-state index in [0.29, 0.717) is 35.1 Å². The molecule has 1 saturated heterocycles. The maximum Gasteiger partial charge on any atom is 0.202 e. The number of Topliss-reactive ketones (excluding diaryl/α,β-unsaturated/α-hetero) is 1. The molecule has 0 radical (unpaired) electrons. The van der Waals surface area contributed by atoms with Gasteiger partial charge in [-0.05, 0) is 116 Å². The van der Waals surface area contributed by atoms with E-state index >= 15 is 0 Å². The predicted octanol–water partition coefficient (Wildman–Crippen LogP) is 7.77. The van der Waals surface area contributed by atoms with Crippen molar-refractivity contribution in [2.45, 2.75) is 97.4 Å². The molecule has 4 nitrogen and oxygen atoms in total. The summed E-state index contributed by atoms with van der Waals surface area (Å²) in [5.74, 6) is 3.01. The number of halogens is 1. The van der Waals surface area contributed by atoms with E-state index in [1.165, 1.54) is 50.7 Å². The topological polar surface area (TPSA) is 44.8 Å². The van der Waals surface area contributed by atoms with Crippen LogP contribution in [-0.4, -0.2) is 24.3 Å². The van der Waals surface area contributed by atoms with Crippen LogP contribution in [0.25, 0.3) is 5.57 Å². The number of fused-ring (bicyclic) bond motifs is 5. The van der Waals surface area contributed by atoms with Crippen molar-refractivity contribution in [1.29, 1.82) is 0 Å². The van der Waals surface area contributed by atoms with Gasteiger partial charge in [0.15, 0.2) is 0 Å². The number of hydrogen-bond donors (Lipinski definition) is 0. The molecule has 5 fully saturated rings. The first kappa shape index (κ1) is 26.7. The van der Waals surface area contributed by atoms with Gasteiger partial charge in [0, 0.05) is 18.8 Å². The van der Waals surface area contributed by atoms with Gasteiger partial charge in [-0.15, -0.1) is 0 Å². The summed E-state index contributed by atoms with van der Waals surface area (Å²) < 4.78 is 19.8. The van der Waals surface area contributed by atoms with Crippen LogP contribution in [0, 0.1) is 52.2 Å². The number of ether oxygens (including phenoxy) is 1. The Hall–Kier alpha value is -1.56. The molecule has 1 aromatic carbocycles. The molecule has 0 aromatic heterocycles. The summed E-state index contributed by atoms with van der Waals surface area (Å²) in [6.07, 6.45) is 10.0. The van der Waals surface area contributed by atoms with E-state index in [0.717, 1.165) is 48.2 Å². The third-order valence-electron chi connectivity index (χ3n) is 12.4. The highest BCUT2D eigenvalue weighted by molar-refractivity contribution is 5.78. The van der Waals surface area contributed by atoms with Gasteiger partial charge in [-0.1, -0.05) is 39.5 Å². The van der Waals surface area contributed by atoms with Crippen LogP contribution in [0.3, 0.4) is 0 Å². The Balaban J connectivity index is 1.12. The first-order valence-electron chi connectivity index (χ1n) is 15.0. The van der Waals surface area contributed by atoms with Gasteiger partial charge in [0.1, 0.15) is 17.7 Å². The molecule has 7 unspecified atom stereocenters. The van der Waals surface area contributed by atoms with Crippen molar-refractivity contribution in [2.24, 2.45) is 46.3 Å². The molecule has 10 atom stereocenters. The van der Waals surface area contributed by atoms with E-state index in [9.17, 15) is 9.18 Å². The monoisotopic (exact) mass is 524 g/mol. The molecular weight excluding hydrogens is 479 g/mol. The van der Waals surface area contributed by atoms with Crippen LogP contribution >= 0.6 is 0 Å². The summed E-state index contributed by atoms with van der Waals surface area (Å²) in [5.41, 5.74) is 2.21. The van der Waals surface area contributed by atoms with Crippen LogP contribution in [0.1, 0.15) is 91.0 Å². The molecule has 1 heterocycles. The van der Waals surface area contributed by atoms with Gasteiger partial charge in [-0.2, -0.15) is 0 Å². The predicted molar refractivity (Wildman–Crippen MR) is 145 cm³/mol. The summed E-state index contributed by atoms with van der Waals surface area (Å²) in [5, 5.41) is 0. The normalized spacial score (nSPS) is 45.1. The SMILES string of the molecule is C=C(c1ccc(F)cc1)C1COC2(CC[C@]3(C)C4CC[C@]5(C)C(C(C)C(C)=O)CCC5C4CC[C@@H]3C2)OO1. The lowest BCUT2D eigenvalue weighted by molar-refractivity contribution is -0.489. The Morgan fingerprint density at radius 2 is 1.74 bits per heavy atom. The largest absolute Gasteiger partial charge is 0.344 e. The summed E-state index contributed by atoms with van der Waals surface area (Å²) in [7, 11) is 0. The third-order valence-corrected chi connectivity index (χ3v) is 12.4. The molecular formula is C33H45FO4. The van der Waals surface area contributed by atoms with E-state index in [2.05, 4.69) is 27.4 Å². The molecule has 6 rings (SSSR count). The molecule has 0 N–H and O–H groups in total. The highest BCUT2D eigenvalue weighted by Crippen LogP contribution is 2.69. The average Bonchev–Trinajstić information content (AvgIpc) is 3.26. The molecule has 1 spiro atoms. The van der Waals surface area contributed by atoms with Crippen LogP contribution in [0.5, 0.6) is 0 Å². The highest BCUT2D eigenvalue weighted by atomic mass is 19.1. The van der Waals surface area contributed by atoms with E-state index in [-0.39, 0.29) is 17.8 Å². The second kappa shape index (κ2) is 9.52. The van der Waals surface area contributed by atoms with Crippen molar-refractivity contribution < 1.29 is 23.7 Å². The van der Waals surface area contributed by atoms with E-state index in [1.807, 2.05) is 0 Å². The van der Waals surface area contributed by atoms with E-state index in [1.54, 1.807) is 19.1 Å². The first-order valence-corrected chi connectivity index (χ1v) is 15.0. The fourth-order valence-electron chi connectivity index (χ4n) is 9.98. The molecule has 0 amide bonds. The van der Waals surface area contributed by atoms with Crippen molar-refractivity contribution in [3.63, 3.8) is 0 Å². The molecule has 5 heteroatoms. The molecule has 0 bridgehead atoms. The fraction of sp³-hybridized carbons (Fsp3) is 0.727. The molecule has 208 valence electrons. The zero-order valence-corrected chi connectivity index (χ0v) is 23.6. The Kier molecular flexibility index (Phi) is 6.68. The minimum absolute atomic E-state index is 0.187. The van der Waals surface area contributed by atoms with Gasteiger partial charge < -0.3 is 4.74 Å². The van der Waals surface area contributed by atoms with Crippen LogP contribution in [0.2, 0.25) is 0 Å². The fourth-order valence-corrected chi connectivity index (χ4v) is 9.98. The van der Waals surface area contributed by atoms with E-state index in [4.69, 9.17) is 14.5 Å². The molecule has 4 aliphatic carbocycles. The molecule has 1 aliphatic heterocycles. The lowest BCUT2D eigenvalue weighted by atomic mass is 9.44. The number of carbonyl (C=O) groups excluding carboxylic acids is 1. The molecule has 5 aliphatic rings. The number of carbonyl (C=O) groups is 1. The lowest BCUT2D eigenvalue weighted by Gasteiger charge is -2.62. The Bertz CT molecular complexity index is 1070. The van der Waals surface area contributed by atoms with Crippen molar-refractivity contribution in [2.75, 3.05) is 6.61 Å². The number of ketones is 1. The Morgan fingerprint density at radius 3 is 2.42 bits per heavy atom. The smallest absolute Gasteiger partial charge is 0.202 e. The van der Waals surface area contributed by atoms with Crippen LogP contribution < -0.4 is 0 Å². The Morgan fingerprint density at radius 1 is 1.00 bits per heavy atom. The zero-order valence-electron chi connectivity index (χ0n) is 23.6. The van der Waals surface area contributed by atoms with Crippen molar-refractivity contribution in [3.05, 3.63) is 42.2 Å². The summed E-state index contributed by atoms with van der Waals surface area (Å²) in [6.45, 7) is 13.6. The first-order chi connectivity index (χ1) is 18.1. The van der Waals surface area contributed by atoms with Crippen LogP contribution in [0.4, 0.5) is 4.39 Å². The summed E-state index contributed by atoms with van der Waals surface area (Å²) >= 11 is 0. The van der Waals surface area contributed by atoms with Gasteiger partial charge in [-0.3, -0.25) is 4.79 Å².